The number of benzene rings is 5. The van der Waals surface area contributed by atoms with Crippen molar-refractivity contribution in [3.63, 3.8) is 0 Å². The lowest BCUT2D eigenvalue weighted by Crippen LogP contribution is -2.31. The van der Waals surface area contributed by atoms with Crippen LogP contribution >= 0.6 is 11.8 Å². The van der Waals surface area contributed by atoms with E-state index in [0.29, 0.717) is 24.2 Å². The van der Waals surface area contributed by atoms with Gasteiger partial charge in [-0.05, 0) is 64.2 Å². The molecular weight excluding hydrogens is 663 g/mol. The summed E-state index contributed by atoms with van der Waals surface area (Å²) in [7, 11) is 0. The molecule has 3 N–H and O–H groups in total. The molecular formula is C41H35N3O6S. The van der Waals surface area contributed by atoms with Gasteiger partial charge >= 0.3 is 5.97 Å². The lowest BCUT2D eigenvalue weighted by atomic mass is 9.97. The molecule has 256 valence electrons. The van der Waals surface area contributed by atoms with E-state index in [1.54, 1.807) is 23.9 Å². The van der Waals surface area contributed by atoms with E-state index in [1.165, 1.54) is 6.20 Å². The molecule has 1 fully saturated rings. The average Bonchev–Trinajstić information content (AvgIpc) is 3.19. The molecule has 51 heavy (non-hydrogen) atoms. The molecule has 0 radical (unpaired) electrons. The smallest absolute Gasteiger partial charge is 0.335 e. The van der Waals surface area contributed by atoms with E-state index in [-0.39, 0.29) is 36.0 Å². The van der Waals surface area contributed by atoms with Crippen LogP contribution in [0, 0.1) is 0 Å². The molecule has 7 rings (SSSR count). The van der Waals surface area contributed by atoms with Gasteiger partial charge in [0, 0.05) is 29.2 Å². The molecule has 6 aromatic rings. The molecule has 5 aromatic carbocycles. The van der Waals surface area contributed by atoms with Gasteiger partial charge in [-0.3, -0.25) is 9.78 Å². The molecule has 1 aromatic heterocycles. The third kappa shape index (κ3) is 8.16. The van der Waals surface area contributed by atoms with Crippen LogP contribution in [-0.4, -0.2) is 43.9 Å². The fourth-order valence-corrected chi connectivity index (χ4v) is 6.94. The summed E-state index contributed by atoms with van der Waals surface area (Å²) < 4.78 is 13.1. The van der Waals surface area contributed by atoms with Gasteiger partial charge in [-0.15, -0.1) is 11.8 Å². The van der Waals surface area contributed by atoms with Crippen molar-refractivity contribution in [1.29, 1.82) is 0 Å². The van der Waals surface area contributed by atoms with Crippen LogP contribution in [0.3, 0.4) is 0 Å². The van der Waals surface area contributed by atoms with E-state index in [9.17, 15) is 19.8 Å². The summed E-state index contributed by atoms with van der Waals surface area (Å²) in [6, 6.07) is 38.1. The van der Waals surface area contributed by atoms with Crippen LogP contribution < -0.4 is 5.32 Å². The van der Waals surface area contributed by atoms with Crippen molar-refractivity contribution in [3.8, 4) is 11.1 Å². The molecule has 0 bridgehead atoms. The van der Waals surface area contributed by atoms with Gasteiger partial charge in [-0.2, -0.15) is 0 Å². The molecule has 10 heteroatoms. The number of aromatic carboxylic acids is 1. The standard InChI is InChI=1S/C41H35N3O6S/c45-24-26-9-11-28(12-10-26)38-21-32(25-51-33-19-17-29(18-20-33)40(47)48)49-41(50-38)30-15-13-27(14-16-30)34-6-2-1-5-31(34)22-43-39(46)37-23-42-35-7-3-4-8-36(35)44-37/h1-20,23,32,38,41,45H,21-22,24-25H2,(H,43,46)(H,47,48)/t32-,38+,41+/m0/s1. The first kappa shape index (κ1) is 34.1. The number of amides is 1. The number of fused-ring (bicyclic) bond motifs is 1. The fourth-order valence-electron chi connectivity index (χ4n) is 6.01. The SMILES string of the molecule is O=C(O)c1ccc(SC[C@@H]2C[C@H](c3ccc(CO)cc3)O[C@H](c3ccc(-c4ccccc4CNC(=O)c4cnc5ccccc5n4)cc3)O2)cc1. The molecule has 1 aliphatic rings. The van der Waals surface area contributed by atoms with Crippen LogP contribution in [0.1, 0.15) is 61.9 Å². The van der Waals surface area contributed by atoms with Crippen molar-refractivity contribution < 1.29 is 29.3 Å². The summed E-state index contributed by atoms with van der Waals surface area (Å²) >= 11 is 1.61. The average molecular weight is 698 g/mol. The number of aromatic nitrogens is 2. The van der Waals surface area contributed by atoms with Gasteiger partial charge in [0.2, 0.25) is 0 Å². The first-order chi connectivity index (χ1) is 24.9. The normalized spacial score (nSPS) is 17.2. The largest absolute Gasteiger partial charge is 0.478 e. The highest BCUT2D eigenvalue weighted by molar-refractivity contribution is 7.99. The Morgan fingerprint density at radius 2 is 1.51 bits per heavy atom. The number of thioether (sulfide) groups is 1. The van der Waals surface area contributed by atoms with Crippen LogP contribution in [0.5, 0.6) is 0 Å². The van der Waals surface area contributed by atoms with E-state index in [4.69, 9.17) is 9.47 Å². The second kappa shape index (κ2) is 15.7. The molecule has 0 saturated carbocycles. The van der Waals surface area contributed by atoms with Crippen molar-refractivity contribution >= 4 is 34.7 Å². The number of nitrogens with zero attached hydrogens (tertiary/aromatic N) is 2. The lowest BCUT2D eigenvalue weighted by molar-refractivity contribution is -0.245. The third-order valence-corrected chi connectivity index (χ3v) is 9.93. The molecule has 1 saturated heterocycles. The lowest BCUT2D eigenvalue weighted by Gasteiger charge is -2.36. The summed E-state index contributed by atoms with van der Waals surface area (Å²) in [6.07, 6.45) is 1.14. The van der Waals surface area contributed by atoms with Gasteiger partial charge in [-0.25, -0.2) is 9.78 Å². The summed E-state index contributed by atoms with van der Waals surface area (Å²) in [5.41, 5.74) is 7.55. The molecule has 0 aliphatic carbocycles. The Morgan fingerprint density at radius 1 is 0.804 bits per heavy atom. The number of hydrogen-bond acceptors (Lipinski definition) is 8. The van der Waals surface area contributed by atoms with Crippen molar-refractivity contribution in [2.45, 2.75) is 43.0 Å². The maximum Gasteiger partial charge on any atom is 0.335 e. The highest BCUT2D eigenvalue weighted by atomic mass is 32.2. The van der Waals surface area contributed by atoms with Crippen LogP contribution in [0.4, 0.5) is 0 Å². The number of hydrogen-bond donors (Lipinski definition) is 3. The number of carbonyl (C=O) groups excluding carboxylic acids is 1. The van der Waals surface area contributed by atoms with Crippen molar-refractivity contribution in [2.75, 3.05) is 5.75 Å². The molecule has 3 atom stereocenters. The number of para-hydroxylation sites is 2. The van der Waals surface area contributed by atoms with E-state index in [0.717, 1.165) is 43.8 Å². The van der Waals surface area contributed by atoms with Gasteiger partial charge in [0.05, 0.1) is 41.6 Å². The predicted molar refractivity (Wildman–Crippen MR) is 195 cm³/mol. The number of rotatable bonds is 11. The maximum atomic E-state index is 13.0. The molecule has 1 aliphatic heterocycles. The first-order valence-electron chi connectivity index (χ1n) is 16.6. The number of carboxylic acid groups (broad SMARTS) is 1. The minimum absolute atomic E-state index is 0.0293. The molecule has 2 heterocycles. The minimum atomic E-state index is -0.953. The molecule has 1 amide bonds. The maximum absolute atomic E-state index is 13.0. The van der Waals surface area contributed by atoms with Gasteiger partial charge in [-0.1, -0.05) is 84.9 Å². The fraction of sp³-hybridized carbons (Fsp3) is 0.171. The van der Waals surface area contributed by atoms with Gasteiger partial charge in [0.1, 0.15) is 5.69 Å². The zero-order chi connectivity index (χ0) is 35.2. The monoisotopic (exact) mass is 697 g/mol. The number of carbonyl (C=O) groups is 2. The van der Waals surface area contributed by atoms with Gasteiger partial charge < -0.3 is 25.0 Å². The second-order valence-corrected chi connectivity index (χ2v) is 13.3. The van der Waals surface area contributed by atoms with Crippen LogP contribution in [0.15, 0.2) is 132 Å². The second-order valence-electron chi connectivity index (χ2n) is 12.2. The first-order valence-corrected chi connectivity index (χ1v) is 17.6. The zero-order valence-corrected chi connectivity index (χ0v) is 28.3. The topological polar surface area (TPSA) is 131 Å². The van der Waals surface area contributed by atoms with Crippen LogP contribution in [-0.2, 0) is 22.6 Å². The highest BCUT2D eigenvalue weighted by Gasteiger charge is 2.32. The minimum Gasteiger partial charge on any atom is -0.478 e. The van der Waals surface area contributed by atoms with E-state index < -0.39 is 12.3 Å². The highest BCUT2D eigenvalue weighted by Crippen LogP contribution is 2.40. The van der Waals surface area contributed by atoms with Crippen LogP contribution in [0.2, 0.25) is 0 Å². The number of carboxylic acids is 1. The Hall–Kier alpha value is -5.39. The van der Waals surface area contributed by atoms with Gasteiger partial charge in [0.25, 0.3) is 5.91 Å². The Morgan fingerprint density at radius 3 is 2.25 bits per heavy atom. The summed E-state index contributed by atoms with van der Waals surface area (Å²) in [5.74, 6) is -0.597. The molecule has 0 spiro atoms. The summed E-state index contributed by atoms with van der Waals surface area (Å²) in [4.78, 5) is 34.1. The van der Waals surface area contributed by atoms with Crippen LogP contribution in [0.25, 0.3) is 22.2 Å². The van der Waals surface area contributed by atoms with E-state index >= 15 is 0 Å². The van der Waals surface area contributed by atoms with Crippen molar-refractivity contribution in [3.05, 3.63) is 161 Å². The number of aliphatic hydroxyl groups excluding tert-OH is 1. The zero-order valence-electron chi connectivity index (χ0n) is 27.5. The summed E-state index contributed by atoms with van der Waals surface area (Å²) in [6.45, 7) is 0.285. The predicted octanol–water partition coefficient (Wildman–Crippen LogP) is 7.76. The Labute approximate surface area is 299 Å². The molecule has 9 nitrogen and oxygen atoms in total. The number of ether oxygens (including phenoxy) is 2. The van der Waals surface area contributed by atoms with Crippen molar-refractivity contribution in [2.24, 2.45) is 0 Å². The quantitative estimate of drug-likeness (QED) is 0.116. The Bertz CT molecular complexity index is 2140. The Kier molecular flexibility index (Phi) is 10.5. The van der Waals surface area contributed by atoms with Crippen molar-refractivity contribution in [1.82, 2.24) is 15.3 Å². The van der Waals surface area contributed by atoms with Gasteiger partial charge in [0.15, 0.2) is 6.29 Å². The third-order valence-electron chi connectivity index (χ3n) is 8.78. The number of aliphatic hydroxyl groups is 1. The summed E-state index contributed by atoms with van der Waals surface area (Å²) in [5, 5.41) is 21.8. The molecule has 0 unspecified atom stereocenters. The number of nitrogens with one attached hydrogen (secondary N) is 1. The van der Waals surface area contributed by atoms with E-state index in [2.05, 4.69) is 15.3 Å². The van der Waals surface area contributed by atoms with E-state index in [1.807, 2.05) is 109 Å². The Balaban J connectivity index is 1.06.